The molecule has 0 atom stereocenters. The van der Waals surface area contributed by atoms with Crippen LogP contribution in [0.2, 0.25) is 0 Å². The quantitative estimate of drug-likeness (QED) is 0.775. The number of carbonyl (C=O) groups excluding carboxylic acids is 2. The van der Waals surface area contributed by atoms with Gasteiger partial charge in [0.1, 0.15) is 12.4 Å². The van der Waals surface area contributed by atoms with Gasteiger partial charge in [-0.15, -0.1) is 6.58 Å². The molecule has 1 aromatic rings. The molecule has 1 saturated carbocycles. The minimum atomic E-state index is -0.619. The van der Waals surface area contributed by atoms with Crippen LogP contribution in [0.3, 0.4) is 0 Å². The third-order valence-electron chi connectivity index (χ3n) is 5.46. The van der Waals surface area contributed by atoms with E-state index in [2.05, 4.69) is 11.9 Å². The maximum absolute atomic E-state index is 12.9. The molecule has 27 heavy (non-hydrogen) atoms. The molecule has 0 aromatic heterocycles. The number of rotatable bonds is 5. The molecule has 1 aromatic carbocycles. The number of benzene rings is 1. The van der Waals surface area contributed by atoms with Gasteiger partial charge in [-0.25, -0.2) is 0 Å². The van der Waals surface area contributed by atoms with Crippen molar-refractivity contribution in [3.63, 3.8) is 0 Å². The number of amides is 2. The van der Waals surface area contributed by atoms with Gasteiger partial charge < -0.3 is 15.0 Å². The molecular weight excluding hydrogens is 340 g/mol. The second-order valence-corrected chi connectivity index (χ2v) is 8.32. The predicted octanol–water partition coefficient (Wildman–Crippen LogP) is 4.53. The number of nitrogens with zero attached hydrogens (tertiary/aromatic N) is 1. The van der Waals surface area contributed by atoms with Crippen molar-refractivity contribution in [3.05, 3.63) is 30.9 Å². The zero-order valence-corrected chi connectivity index (χ0v) is 16.4. The van der Waals surface area contributed by atoms with Crippen molar-refractivity contribution in [2.45, 2.75) is 52.4 Å². The Morgan fingerprint density at radius 2 is 2.07 bits per heavy atom. The first kappa shape index (κ1) is 19.5. The lowest BCUT2D eigenvalue weighted by molar-refractivity contribution is -0.127. The molecule has 1 aliphatic carbocycles. The summed E-state index contributed by atoms with van der Waals surface area (Å²) in [6.07, 6.45) is 8.29. The summed E-state index contributed by atoms with van der Waals surface area (Å²) >= 11 is 0. The molecule has 146 valence electrons. The second-order valence-electron chi connectivity index (χ2n) is 8.32. The molecule has 0 radical (unpaired) electrons. The van der Waals surface area contributed by atoms with Gasteiger partial charge >= 0.3 is 0 Å². The fourth-order valence-electron chi connectivity index (χ4n) is 3.90. The van der Waals surface area contributed by atoms with Gasteiger partial charge in [-0.2, -0.15) is 0 Å². The first-order valence-electron chi connectivity index (χ1n) is 9.90. The van der Waals surface area contributed by atoms with E-state index in [1.54, 1.807) is 11.0 Å². The molecule has 5 heteroatoms. The highest BCUT2D eigenvalue weighted by Crippen LogP contribution is 2.38. The van der Waals surface area contributed by atoms with Gasteiger partial charge in [0, 0.05) is 18.7 Å². The molecule has 1 heterocycles. The highest BCUT2D eigenvalue weighted by molar-refractivity contribution is 6.00. The Labute approximate surface area is 161 Å². The lowest BCUT2D eigenvalue weighted by Gasteiger charge is -2.27. The number of fused-ring (bicyclic) bond motifs is 1. The summed E-state index contributed by atoms with van der Waals surface area (Å²) < 4.78 is 5.88. The number of nitrogens with one attached hydrogen (secondary N) is 1. The van der Waals surface area contributed by atoms with E-state index in [0.29, 0.717) is 42.6 Å². The van der Waals surface area contributed by atoms with Crippen LogP contribution in [-0.4, -0.2) is 25.0 Å². The molecule has 1 N–H and O–H groups in total. The van der Waals surface area contributed by atoms with Crippen molar-refractivity contribution >= 4 is 23.2 Å². The predicted molar refractivity (Wildman–Crippen MR) is 108 cm³/mol. The SMILES string of the molecule is C=CCN1C(=O)C(C)(C)COc2ccc(NC(=O)CC3CCCCC3)cc21. The third kappa shape index (κ3) is 4.52. The van der Waals surface area contributed by atoms with E-state index in [4.69, 9.17) is 4.74 Å². The van der Waals surface area contributed by atoms with Crippen LogP contribution in [0.5, 0.6) is 5.75 Å². The van der Waals surface area contributed by atoms with E-state index in [1.165, 1.54) is 19.3 Å². The lowest BCUT2D eigenvalue weighted by Crippen LogP contribution is -2.42. The fraction of sp³-hybridized carbons (Fsp3) is 0.545. The van der Waals surface area contributed by atoms with Crippen LogP contribution in [0.25, 0.3) is 0 Å². The van der Waals surface area contributed by atoms with Gasteiger partial charge in [0.15, 0.2) is 0 Å². The topological polar surface area (TPSA) is 58.6 Å². The van der Waals surface area contributed by atoms with Crippen molar-refractivity contribution in [2.24, 2.45) is 11.3 Å². The molecule has 2 aliphatic rings. The summed E-state index contributed by atoms with van der Waals surface area (Å²) in [5, 5.41) is 3.00. The Balaban J connectivity index is 1.78. The molecule has 0 spiro atoms. The minimum absolute atomic E-state index is 0.00756. The lowest BCUT2D eigenvalue weighted by atomic mass is 9.87. The van der Waals surface area contributed by atoms with Crippen LogP contribution in [-0.2, 0) is 9.59 Å². The van der Waals surface area contributed by atoms with Gasteiger partial charge in [-0.3, -0.25) is 9.59 Å². The van der Waals surface area contributed by atoms with Crippen LogP contribution in [0, 0.1) is 11.3 Å². The van der Waals surface area contributed by atoms with E-state index in [9.17, 15) is 9.59 Å². The van der Waals surface area contributed by atoms with E-state index in [-0.39, 0.29) is 11.8 Å². The van der Waals surface area contributed by atoms with Crippen LogP contribution in [0.15, 0.2) is 30.9 Å². The smallest absolute Gasteiger partial charge is 0.236 e. The zero-order valence-electron chi connectivity index (χ0n) is 16.4. The number of hydrogen-bond acceptors (Lipinski definition) is 3. The van der Waals surface area contributed by atoms with Crippen molar-refractivity contribution in [1.29, 1.82) is 0 Å². The van der Waals surface area contributed by atoms with Crippen molar-refractivity contribution in [2.75, 3.05) is 23.4 Å². The first-order valence-corrected chi connectivity index (χ1v) is 9.90. The minimum Gasteiger partial charge on any atom is -0.490 e. The average molecular weight is 370 g/mol. The zero-order chi connectivity index (χ0) is 19.4. The maximum atomic E-state index is 12.9. The number of ether oxygens (including phenoxy) is 1. The summed E-state index contributed by atoms with van der Waals surface area (Å²) in [6, 6.07) is 5.50. The molecule has 1 aliphatic heterocycles. The highest BCUT2D eigenvalue weighted by Gasteiger charge is 2.37. The van der Waals surface area contributed by atoms with Crippen LogP contribution in [0.1, 0.15) is 52.4 Å². The second kappa shape index (κ2) is 8.15. The third-order valence-corrected chi connectivity index (χ3v) is 5.46. The molecule has 5 nitrogen and oxygen atoms in total. The normalized spacial score (nSPS) is 19.6. The van der Waals surface area contributed by atoms with Gasteiger partial charge in [0.25, 0.3) is 0 Å². The summed E-state index contributed by atoms with van der Waals surface area (Å²) in [4.78, 5) is 27.1. The number of hydrogen-bond donors (Lipinski definition) is 1. The van der Waals surface area contributed by atoms with E-state index >= 15 is 0 Å². The Bertz CT molecular complexity index is 720. The Kier molecular flexibility index (Phi) is 5.88. The van der Waals surface area contributed by atoms with E-state index in [1.807, 2.05) is 32.0 Å². The van der Waals surface area contributed by atoms with E-state index in [0.717, 1.165) is 12.8 Å². The average Bonchev–Trinajstić information content (AvgIpc) is 2.73. The number of carbonyl (C=O) groups is 2. The Hall–Kier alpha value is -2.30. The van der Waals surface area contributed by atoms with Crippen LogP contribution in [0.4, 0.5) is 11.4 Å². The molecule has 1 fully saturated rings. The molecule has 3 rings (SSSR count). The molecule has 0 unspecified atom stereocenters. The molecular formula is C22H30N2O3. The molecule has 0 bridgehead atoms. The highest BCUT2D eigenvalue weighted by atomic mass is 16.5. The van der Waals surface area contributed by atoms with Gasteiger partial charge in [-0.05, 0) is 50.8 Å². The molecule has 2 amide bonds. The van der Waals surface area contributed by atoms with Crippen molar-refractivity contribution < 1.29 is 14.3 Å². The van der Waals surface area contributed by atoms with Crippen LogP contribution < -0.4 is 15.0 Å². The van der Waals surface area contributed by atoms with Gasteiger partial charge in [0.05, 0.1) is 11.1 Å². The van der Waals surface area contributed by atoms with Gasteiger partial charge in [-0.1, -0.05) is 25.3 Å². The Morgan fingerprint density at radius 1 is 1.33 bits per heavy atom. The summed E-state index contributed by atoms with van der Waals surface area (Å²) in [7, 11) is 0. The fourth-order valence-corrected chi connectivity index (χ4v) is 3.90. The van der Waals surface area contributed by atoms with Crippen molar-refractivity contribution in [3.8, 4) is 5.75 Å². The summed E-state index contributed by atoms with van der Waals surface area (Å²) in [5.74, 6) is 1.17. The number of anilines is 2. The molecule has 0 saturated heterocycles. The maximum Gasteiger partial charge on any atom is 0.236 e. The van der Waals surface area contributed by atoms with Crippen LogP contribution >= 0.6 is 0 Å². The monoisotopic (exact) mass is 370 g/mol. The van der Waals surface area contributed by atoms with Crippen molar-refractivity contribution in [1.82, 2.24) is 0 Å². The Morgan fingerprint density at radius 3 is 2.78 bits per heavy atom. The largest absolute Gasteiger partial charge is 0.490 e. The first-order chi connectivity index (χ1) is 12.9. The van der Waals surface area contributed by atoms with E-state index < -0.39 is 5.41 Å². The standard InChI is InChI=1S/C22H30N2O3/c1-4-12-24-18-14-17(23-20(25)13-16-8-6-5-7-9-16)10-11-19(18)27-15-22(2,3)21(24)26/h4,10-11,14,16H,1,5-9,12-13,15H2,2-3H3,(H,23,25). The van der Waals surface area contributed by atoms with Gasteiger partial charge in [0.2, 0.25) is 11.8 Å². The summed E-state index contributed by atoms with van der Waals surface area (Å²) in [5.41, 5.74) is 0.757. The summed E-state index contributed by atoms with van der Waals surface area (Å²) in [6.45, 7) is 8.25.